The van der Waals surface area contributed by atoms with Crippen molar-refractivity contribution in [2.24, 2.45) is 17.1 Å². The predicted octanol–water partition coefficient (Wildman–Crippen LogP) is 4.34. The molecule has 1 saturated carbocycles. The summed E-state index contributed by atoms with van der Waals surface area (Å²) in [5.74, 6) is 2.20. The summed E-state index contributed by atoms with van der Waals surface area (Å²) < 4.78 is 5.52. The molecule has 2 heteroatoms. The first-order chi connectivity index (χ1) is 9.41. The minimum absolute atomic E-state index is 0.298. The lowest BCUT2D eigenvalue weighted by Crippen LogP contribution is -2.38. The summed E-state index contributed by atoms with van der Waals surface area (Å²) in [6.45, 7) is 9.78. The summed E-state index contributed by atoms with van der Waals surface area (Å²) in [4.78, 5) is 0. The fourth-order valence-electron chi connectivity index (χ4n) is 3.34. The van der Waals surface area contributed by atoms with Crippen molar-refractivity contribution in [3.63, 3.8) is 0 Å². The molecule has 2 N–H and O–H groups in total. The lowest BCUT2D eigenvalue weighted by atomic mass is 9.66. The molecule has 0 bridgehead atoms. The van der Waals surface area contributed by atoms with E-state index in [-0.39, 0.29) is 0 Å². The Bertz CT molecular complexity index is 418. The quantitative estimate of drug-likeness (QED) is 0.890. The zero-order valence-corrected chi connectivity index (χ0v) is 13.4. The van der Waals surface area contributed by atoms with Crippen LogP contribution < -0.4 is 10.5 Å². The molecule has 1 fully saturated rings. The van der Waals surface area contributed by atoms with E-state index in [9.17, 15) is 0 Å². The SMILES string of the molecule is CCOc1ccc(C2CC(C(C)(C)C)CCC2N)cc1. The van der Waals surface area contributed by atoms with Gasteiger partial charge in [0.2, 0.25) is 0 Å². The summed E-state index contributed by atoms with van der Waals surface area (Å²) in [5.41, 5.74) is 8.13. The van der Waals surface area contributed by atoms with Crippen LogP contribution >= 0.6 is 0 Å². The molecule has 0 amide bonds. The zero-order chi connectivity index (χ0) is 14.8. The highest BCUT2D eigenvalue weighted by Crippen LogP contribution is 2.43. The van der Waals surface area contributed by atoms with Gasteiger partial charge in [0.15, 0.2) is 0 Å². The first-order valence-electron chi connectivity index (χ1n) is 7.90. The van der Waals surface area contributed by atoms with Gasteiger partial charge in [-0.15, -0.1) is 0 Å². The van der Waals surface area contributed by atoms with Crippen molar-refractivity contribution in [2.45, 2.75) is 58.9 Å². The largest absolute Gasteiger partial charge is 0.494 e. The fraction of sp³-hybridized carbons (Fsp3) is 0.667. The van der Waals surface area contributed by atoms with Gasteiger partial charge >= 0.3 is 0 Å². The summed E-state index contributed by atoms with van der Waals surface area (Å²) >= 11 is 0. The molecular formula is C18H29NO. The van der Waals surface area contributed by atoms with Crippen molar-refractivity contribution in [3.05, 3.63) is 29.8 Å². The number of nitrogens with two attached hydrogens (primary N) is 1. The highest BCUT2D eigenvalue weighted by Gasteiger charge is 2.34. The minimum atomic E-state index is 0.298. The number of rotatable bonds is 3. The van der Waals surface area contributed by atoms with Gasteiger partial charge in [0.1, 0.15) is 5.75 Å². The molecule has 3 atom stereocenters. The van der Waals surface area contributed by atoms with Crippen LogP contribution in [-0.2, 0) is 0 Å². The van der Waals surface area contributed by atoms with E-state index in [1.165, 1.54) is 18.4 Å². The highest BCUT2D eigenvalue weighted by molar-refractivity contribution is 5.30. The van der Waals surface area contributed by atoms with E-state index in [0.717, 1.165) is 18.1 Å². The normalized spacial score (nSPS) is 27.4. The molecule has 112 valence electrons. The number of hydrogen-bond acceptors (Lipinski definition) is 2. The van der Waals surface area contributed by atoms with Crippen molar-refractivity contribution in [1.82, 2.24) is 0 Å². The van der Waals surface area contributed by atoms with E-state index in [1.54, 1.807) is 0 Å². The van der Waals surface area contributed by atoms with Crippen LogP contribution in [0.5, 0.6) is 5.75 Å². The van der Waals surface area contributed by atoms with Gasteiger partial charge in [0.05, 0.1) is 6.61 Å². The topological polar surface area (TPSA) is 35.2 Å². The van der Waals surface area contributed by atoms with Crippen LogP contribution in [0, 0.1) is 11.3 Å². The van der Waals surface area contributed by atoms with Crippen LogP contribution in [0.4, 0.5) is 0 Å². The van der Waals surface area contributed by atoms with Crippen molar-refractivity contribution < 1.29 is 4.74 Å². The standard InChI is InChI=1S/C18H29NO/c1-5-20-15-9-6-13(7-10-15)16-12-14(18(2,3)4)8-11-17(16)19/h6-7,9-10,14,16-17H,5,8,11-12,19H2,1-4H3. The maximum absolute atomic E-state index is 6.38. The lowest BCUT2D eigenvalue weighted by Gasteiger charge is -2.41. The Morgan fingerprint density at radius 3 is 2.35 bits per heavy atom. The van der Waals surface area contributed by atoms with Gasteiger partial charge in [-0.25, -0.2) is 0 Å². The summed E-state index contributed by atoms with van der Waals surface area (Å²) in [5, 5.41) is 0. The lowest BCUT2D eigenvalue weighted by molar-refractivity contribution is 0.154. The molecule has 1 aromatic rings. The predicted molar refractivity (Wildman–Crippen MR) is 85.1 cm³/mol. The molecule has 1 aromatic carbocycles. The molecule has 20 heavy (non-hydrogen) atoms. The van der Waals surface area contributed by atoms with Crippen molar-refractivity contribution in [3.8, 4) is 5.75 Å². The highest BCUT2D eigenvalue weighted by atomic mass is 16.5. The smallest absolute Gasteiger partial charge is 0.119 e. The summed E-state index contributed by atoms with van der Waals surface area (Å²) in [6.07, 6.45) is 3.61. The van der Waals surface area contributed by atoms with Gasteiger partial charge in [-0.2, -0.15) is 0 Å². The van der Waals surface area contributed by atoms with Gasteiger partial charge < -0.3 is 10.5 Å². The Kier molecular flexibility index (Phi) is 4.74. The molecule has 2 nitrogen and oxygen atoms in total. The van der Waals surface area contributed by atoms with Gasteiger partial charge in [-0.3, -0.25) is 0 Å². The molecule has 0 aliphatic heterocycles. The molecule has 1 aliphatic rings. The molecule has 2 rings (SSSR count). The first kappa shape index (κ1) is 15.4. The van der Waals surface area contributed by atoms with E-state index in [0.29, 0.717) is 24.0 Å². The van der Waals surface area contributed by atoms with E-state index >= 15 is 0 Å². The molecule has 0 spiro atoms. The van der Waals surface area contributed by atoms with Gasteiger partial charge in [0, 0.05) is 6.04 Å². The van der Waals surface area contributed by atoms with Gasteiger partial charge in [-0.05, 0) is 61.1 Å². The second-order valence-corrected chi connectivity index (χ2v) is 7.15. The molecule has 3 unspecified atom stereocenters. The second-order valence-electron chi connectivity index (χ2n) is 7.15. The van der Waals surface area contributed by atoms with Crippen molar-refractivity contribution in [2.75, 3.05) is 6.61 Å². The third-order valence-corrected chi connectivity index (χ3v) is 4.75. The molecule has 0 saturated heterocycles. The monoisotopic (exact) mass is 275 g/mol. The molecule has 0 radical (unpaired) electrons. The Labute approximate surface area is 123 Å². The fourth-order valence-corrected chi connectivity index (χ4v) is 3.34. The first-order valence-corrected chi connectivity index (χ1v) is 7.90. The summed E-state index contributed by atoms with van der Waals surface area (Å²) in [6, 6.07) is 8.84. The maximum Gasteiger partial charge on any atom is 0.119 e. The molecular weight excluding hydrogens is 246 g/mol. The Balaban J connectivity index is 2.12. The number of ether oxygens (including phenoxy) is 1. The van der Waals surface area contributed by atoms with E-state index in [2.05, 4.69) is 45.0 Å². The zero-order valence-electron chi connectivity index (χ0n) is 13.4. The Hall–Kier alpha value is -1.02. The molecule has 0 aromatic heterocycles. The van der Waals surface area contributed by atoms with Crippen LogP contribution in [0.2, 0.25) is 0 Å². The average molecular weight is 275 g/mol. The van der Waals surface area contributed by atoms with E-state index < -0.39 is 0 Å². The average Bonchev–Trinajstić information content (AvgIpc) is 2.39. The Morgan fingerprint density at radius 2 is 1.80 bits per heavy atom. The van der Waals surface area contributed by atoms with Gasteiger partial charge in [0.25, 0.3) is 0 Å². The van der Waals surface area contributed by atoms with Crippen LogP contribution in [0.15, 0.2) is 24.3 Å². The minimum Gasteiger partial charge on any atom is -0.494 e. The van der Waals surface area contributed by atoms with E-state index in [1.807, 2.05) is 6.92 Å². The summed E-state index contributed by atoms with van der Waals surface area (Å²) in [7, 11) is 0. The number of benzene rings is 1. The second kappa shape index (κ2) is 6.17. The molecule has 0 heterocycles. The van der Waals surface area contributed by atoms with Crippen LogP contribution in [0.25, 0.3) is 0 Å². The van der Waals surface area contributed by atoms with Gasteiger partial charge in [-0.1, -0.05) is 32.9 Å². The van der Waals surface area contributed by atoms with Crippen LogP contribution in [0.1, 0.15) is 58.4 Å². The number of hydrogen-bond donors (Lipinski definition) is 1. The Morgan fingerprint density at radius 1 is 1.15 bits per heavy atom. The third kappa shape index (κ3) is 3.54. The van der Waals surface area contributed by atoms with Crippen LogP contribution in [-0.4, -0.2) is 12.6 Å². The van der Waals surface area contributed by atoms with Crippen molar-refractivity contribution in [1.29, 1.82) is 0 Å². The third-order valence-electron chi connectivity index (χ3n) is 4.75. The molecule has 1 aliphatic carbocycles. The maximum atomic E-state index is 6.38. The van der Waals surface area contributed by atoms with Crippen molar-refractivity contribution >= 4 is 0 Å². The van der Waals surface area contributed by atoms with Crippen LogP contribution in [0.3, 0.4) is 0 Å². The van der Waals surface area contributed by atoms with E-state index in [4.69, 9.17) is 10.5 Å².